The number of primary amides is 1. The zero-order valence-electron chi connectivity index (χ0n) is 7.02. The average molecular weight is 200 g/mol. The van der Waals surface area contributed by atoms with Gasteiger partial charge < -0.3 is 5.73 Å². The van der Waals surface area contributed by atoms with E-state index in [2.05, 4.69) is 4.84 Å². The van der Waals surface area contributed by atoms with Gasteiger partial charge in [0.05, 0.1) is 0 Å². The van der Waals surface area contributed by atoms with E-state index in [0.717, 1.165) is 0 Å². The summed E-state index contributed by atoms with van der Waals surface area (Å²) in [6.07, 6.45) is -4.14. The van der Waals surface area contributed by atoms with Gasteiger partial charge in [0.2, 0.25) is 5.91 Å². The van der Waals surface area contributed by atoms with Gasteiger partial charge in [-0.3, -0.25) is 9.63 Å². The molecule has 13 heavy (non-hydrogen) atoms. The number of halogens is 3. The van der Waals surface area contributed by atoms with Crippen molar-refractivity contribution in [1.82, 2.24) is 5.48 Å². The smallest absolute Gasteiger partial charge is 0.368 e. The van der Waals surface area contributed by atoms with E-state index in [4.69, 9.17) is 5.73 Å². The molecule has 1 amide bonds. The normalized spacial score (nSPS) is 14.2. The van der Waals surface area contributed by atoms with Crippen LogP contribution in [0.5, 0.6) is 0 Å². The second-order valence-corrected chi connectivity index (χ2v) is 2.38. The molecule has 0 fully saturated rings. The predicted molar refractivity (Wildman–Crippen MR) is 38.4 cm³/mol. The van der Waals surface area contributed by atoms with E-state index in [-0.39, 0.29) is 6.42 Å². The maximum Gasteiger partial charge on any atom is 0.413 e. The monoisotopic (exact) mass is 200 g/mol. The first-order chi connectivity index (χ1) is 5.87. The van der Waals surface area contributed by atoms with E-state index in [1.165, 1.54) is 0 Å². The molecular formula is C6H11F3N2O2. The number of carbonyl (C=O) groups excluding carboxylic acids is 1. The summed E-state index contributed by atoms with van der Waals surface area (Å²) in [5, 5.41) is 0. The molecule has 7 heteroatoms. The third kappa shape index (κ3) is 6.35. The van der Waals surface area contributed by atoms with E-state index >= 15 is 0 Å². The van der Waals surface area contributed by atoms with E-state index < -0.39 is 24.7 Å². The van der Waals surface area contributed by atoms with Crippen molar-refractivity contribution in [3.63, 3.8) is 0 Å². The van der Waals surface area contributed by atoms with Gasteiger partial charge >= 0.3 is 6.18 Å². The van der Waals surface area contributed by atoms with E-state index in [0.29, 0.717) is 0 Å². The van der Waals surface area contributed by atoms with Crippen LogP contribution in [0.2, 0.25) is 0 Å². The van der Waals surface area contributed by atoms with Crippen LogP contribution in [-0.4, -0.2) is 24.7 Å². The number of hydroxylamine groups is 1. The zero-order chi connectivity index (χ0) is 10.5. The molecule has 0 heterocycles. The van der Waals surface area contributed by atoms with Crippen LogP contribution in [0.3, 0.4) is 0 Å². The van der Waals surface area contributed by atoms with Crippen molar-refractivity contribution >= 4 is 5.91 Å². The van der Waals surface area contributed by atoms with Gasteiger partial charge in [-0.15, -0.1) is 0 Å². The third-order valence-electron chi connectivity index (χ3n) is 1.21. The van der Waals surface area contributed by atoms with Crippen LogP contribution in [0.1, 0.15) is 13.3 Å². The van der Waals surface area contributed by atoms with Crippen molar-refractivity contribution < 1.29 is 22.8 Å². The van der Waals surface area contributed by atoms with Crippen molar-refractivity contribution in [1.29, 1.82) is 0 Å². The van der Waals surface area contributed by atoms with Crippen molar-refractivity contribution in [3.8, 4) is 0 Å². The fourth-order valence-electron chi connectivity index (χ4n) is 0.567. The van der Waals surface area contributed by atoms with Crippen molar-refractivity contribution in [2.24, 2.45) is 5.73 Å². The standard InChI is InChI=1S/C6H11F3N2O2/c1-2-4(5(10)12)11-13-3-6(7,8)9/h4,11H,2-3H2,1H3,(H2,10,12). The molecule has 0 saturated heterocycles. The Balaban J connectivity index is 3.68. The topological polar surface area (TPSA) is 64.3 Å². The molecule has 0 aromatic heterocycles. The summed E-state index contributed by atoms with van der Waals surface area (Å²) < 4.78 is 34.6. The summed E-state index contributed by atoms with van der Waals surface area (Å²) in [6, 6.07) is -0.887. The summed E-state index contributed by atoms with van der Waals surface area (Å²) in [5.74, 6) is -0.746. The molecule has 0 aliphatic rings. The van der Waals surface area contributed by atoms with E-state index in [1.807, 2.05) is 5.48 Å². The average Bonchev–Trinajstić information content (AvgIpc) is 1.95. The molecule has 0 aliphatic carbocycles. The largest absolute Gasteiger partial charge is 0.413 e. The van der Waals surface area contributed by atoms with Gasteiger partial charge in [0.25, 0.3) is 0 Å². The molecule has 0 aliphatic heterocycles. The van der Waals surface area contributed by atoms with Crippen LogP contribution in [0, 0.1) is 0 Å². The molecule has 0 bridgehead atoms. The lowest BCUT2D eigenvalue weighted by atomic mass is 10.2. The highest BCUT2D eigenvalue weighted by atomic mass is 19.4. The van der Waals surface area contributed by atoms with Crippen LogP contribution < -0.4 is 11.2 Å². The number of rotatable bonds is 5. The number of hydrogen-bond donors (Lipinski definition) is 2. The van der Waals surface area contributed by atoms with Gasteiger partial charge in [0.15, 0.2) is 6.61 Å². The van der Waals surface area contributed by atoms with Crippen LogP contribution in [-0.2, 0) is 9.63 Å². The molecular weight excluding hydrogens is 189 g/mol. The minimum absolute atomic E-state index is 0.271. The van der Waals surface area contributed by atoms with Crippen LogP contribution >= 0.6 is 0 Å². The molecule has 78 valence electrons. The van der Waals surface area contributed by atoms with E-state index in [1.54, 1.807) is 6.92 Å². The number of amides is 1. The molecule has 4 nitrogen and oxygen atoms in total. The molecule has 0 spiro atoms. The Hall–Kier alpha value is -0.820. The Morgan fingerprint density at radius 3 is 2.46 bits per heavy atom. The minimum Gasteiger partial charge on any atom is -0.368 e. The first-order valence-electron chi connectivity index (χ1n) is 3.60. The lowest BCUT2D eigenvalue weighted by molar-refractivity contribution is -0.193. The number of alkyl halides is 3. The fraction of sp³-hybridized carbons (Fsp3) is 0.833. The lowest BCUT2D eigenvalue weighted by Crippen LogP contribution is -2.42. The summed E-state index contributed by atoms with van der Waals surface area (Å²) in [6.45, 7) is 0.149. The SMILES string of the molecule is CCC(NOCC(F)(F)F)C(N)=O. The summed E-state index contributed by atoms with van der Waals surface area (Å²) in [4.78, 5) is 14.5. The Morgan fingerprint density at radius 1 is 1.62 bits per heavy atom. The number of nitrogens with two attached hydrogens (primary N) is 1. The van der Waals surface area contributed by atoms with Crippen molar-refractivity contribution in [3.05, 3.63) is 0 Å². The second-order valence-electron chi connectivity index (χ2n) is 2.38. The van der Waals surface area contributed by atoms with Gasteiger partial charge in [-0.1, -0.05) is 6.92 Å². The van der Waals surface area contributed by atoms with Gasteiger partial charge in [0.1, 0.15) is 6.04 Å². The molecule has 0 rings (SSSR count). The third-order valence-corrected chi connectivity index (χ3v) is 1.21. The number of carbonyl (C=O) groups is 1. The van der Waals surface area contributed by atoms with Crippen LogP contribution in [0.4, 0.5) is 13.2 Å². The molecule has 0 aromatic rings. The van der Waals surface area contributed by atoms with Crippen LogP contribution in [0.15, 0.2) is 0 Å². The first-order valence-corrected chi connectivity index (χ1v) is 3.60. The van der Waals surface area contributed by atoms with Crippen LogP contribution in [0.25, 0.3) is 0 Å². The van der Waals surface area contributed by atoms with Gasteiger partial charge in [-0.25, -0.2) is 0 Å². The molecule has 3 N–H and O–H groups in total. The number of nitrogens with one attached hydrogen (secondary N) is 1. The second kappa shape index (κ2) is 5.03. The van der Waals surface area contributed by atoms with Gasteiger partial charge in [0, 0.05) is 0 Å². The Kier molecular flexibility index (Phi) is 4.71. The molecule has 1 atom stereocenters. The summed E-state index contributed by atoms with van der Waals surface area (Å²) >= 11 is 0. The first kappa shape index (κ1) is 12.2. The lowest BCUT2D eigenvalue weighted by Gasteiger charge is -2.13. The molecule has 0 radical (unpaired) electrons. The summed E-state index contributed by atoms with van der Waals surface area (Å²) in [7, 11) is 0. The van der Waals surface area contributed by atoms with E-state index in [9.17, 15) is 18.0 Å². The highest BCUT2D eigenvalue weighted by Gasteiger charge is 2.28. The maximum atomic E-state index is 11.5. The van der Waals surface area contributed by atoms with Crippen molar-refractivity contribution in [2.45, 2.75) is 25.6 Å². The highest BCUT2D eigenvalue weighted by molar-refractivity contribution is 5.79. The number of hydrogen-bond acceptors (Lipinski definition) is 3. The molecule has 1 unspecified atom stereocenters. The minimum atomic E-state index is -4.41. The van der Waals surface area contributed by atoms with Gasteiger partial charge in [-0.2, -0.15) is 18.7 Å². The molecule has 0 aromatic carbocycles. The maximum absolute atomic E-state index is 11.5. The Bertz CT molecular complexity index is 172. The van der Waals surface area contributed by atoms with Crippen molar-refractivity contribution in [2.75, 3.05) is 6.61 Å². The highest BCUT2D eigenvalue weighted by Crippen LogP contribution is 2.13. The molecule has 0 saturated carbocycles. The Morgan fingerprint density at radius 2 is 2.15 bits per heavy atom. The zero-order valence-corrected chi connectivity index (χ0v) is 7.02. The summed E-state index contributed by atoms with van der Waals surface area (Å²) in [5.41, 5.74) is 6.77. The Labute approximate surface area is 73.2 Å². The predicted octanol–water partition coefficient (Wildman–Crippen LogP) is 0.334. The quantitative estimate of drug-likeness (QED) is 0.629. The fourth-order valence-corrected chi connectivity index (χ4v) is 0.567. The van der Waals surface area contributed by atoms with Gasteiger partial charge in [-0.05, 0) is 6.42 Å².